The summed E-state index contributed by atoms with van der Waals surface area (Å²) in [5.74, 6) is 0.184. The second kappa shape index (κ2) is 3.90. The van der Waals surface area contributed by atoms with Gasteiger partial charge in [-0.2, -0.15) is 0 Å². The molecule has 0 heterocycles. The first kappa shape index (κ1) is 9.52. The van der Waals surface area contributed by atoms with E-state index in [0.717, 1.165) is 25.7 Å². The first-order valence-electron chi connectivity index (χ1n) is 4.67. The molecule has 1 amide bonds. The van der Waals surface area contributed by atoms with Crippen molar-refractivity contribution in [3.8, 4) is 0 Å². The molecule has 3 nitrogen and oxygen atoms in total. The Hall–Kier alpha value is -0.570. The van der Waals surface area contributed by atoms with Gasteiger partial charge in [0.05, 0.1) is 0 Å². The third kappa shape index (κ3) is 3.22. The van der Waals surface area contributed by atoms with E-state index in [9.17, 15) is 4.79 Å². The first-order chi connectivity index (χ1) is 5.66. The van der Waals surface area contributed by atoms with Gasteiger partial charge < -0.3 is 11.1 Å². The second-order valence-electron chi connectivity index (χ2n) is 3.85. The Bertz CT molecular complexity index is 164. The van der Waals surface area contributed by atoms with Crippen LogP contribution in [0.4, 0.5) is 0 Å². The number of rotatable bonds is 5. The zero-order valence-corrected chi connectivity index (χ0v) is 7.73. The predicted molar refractivity (Wildman–Crippen MR) is 48.7 cm³/mol. The highest BCUT2D eigenvalue weighted by atomic mass is 16.1. The summed E-state index contributed by atoms with van der Waals surface area (Å²) in [5, 5.41) is 3.01. The number of nitrogens with one attached hydrogen (secondary N) is 1. The molecule has 0 atom stereocenters. The van der Waals surface area contributed by atoms with Gasteiger partial charge in [-0.1, -0.05) is 0 Å². The summed E-state index contributed by atoms with van der Waals surface area (Å²) in [7, 11) is 0. The lowest BCUT2D eigenvalue weighted by molar-refractivity contribution is -0.122. The van der Waals surface area contributed by atoms with Crippen LogP contribution in [0.2, 0.25) is 0 Å². The van der Waals surface area contributed by atoms with Gasteiger partial charge in [0.2, 0.25) is 5.91 Å². The summed E-state index contributed by atoms with van der Waals surface area (Å²) in [6.45, 7) is 2.78. The van der Waals surface area contributed by atoms with Gasteiger partial charge in [0.25, 0.3) is 0 Å². The van der Waals surface area contributed by atoms with Gasteiger partial charge in [0.1, 0.15) is 0 Å². The molecule has 3 heteroatoms. The van der Waals surface area contributed by atoms with Crippen LogP contribution in [0.25, 0.3) is 0 Å². The minimum Gasteiger partial charge on any atom is -0.351 e. The SMILES string of the molecule is CC1(NC(=O)CCCCN)CC1. The standard InChI is InChI=1S/C9H18N2O/c1-9(5-6-9)11-8(12)4-2-3-7-10/h2-7,10H2,1H3,(H,11,12). The molecular formula is C9H18N2O. The number of hydrogen-bond acceptors (Lipinski definition) is 2. The van der Waals surface area contributed by atoms with Crippen LogP contribution in [0.3, 0.4) is 0 Å². The van der Waals surface area contributed by atoms with Crippen molar-refractivity contribution in [2.75, 3.05) is 6.54 Å². The Morgan fingerprint density at radius 3 is 2.67 bits per heavy atom. The van der Waals surface area contributed by atoms with Crippen molar-refractivity contribution in [2.45, 2.75) is 44.6 Å². The molecule has 1 saturated carbocycles. The second-order valence-corrected chi connectivity index (χ2v) is 3.85. The highest BCUT2D eigenvalue weighted by molar-refractivity contribution is 5.77. The van der Waals surface area contributed by atoms with E-state index >= 15 is 0 Å². The van der Waals surface area contributed by atoms with Crippen molar-refractivity contribution in [1.82, 2.24) is 5.32 Å². The number of carbonyl (C=O) groups is 1. The summed E-state index contributed by atoms with van der Waals surface area (Å²) in [6, 6.07) is 0. The fourth-order valence-corrected chi connectivity index (χ4v) is 1.14. The van der Waals surface area contributed by atoms with Crippen LogP contribution in [0.15, 0.2) is 0 Å². The average Bonchev–Trinajstić information content (AvgIpc) is 2.68. The molecule has 0 saturated heterocycles. The molecule has 12 heavy (non-hydrogen) atoms. The molecular weight excluding hydrogens is 152 g/mol. The fourth-order valence-electron chi connectivity index (χ4n) is 1.14. The van der Waals surface area contributed by atoms with Crippen molar-refractivity contribution >= 4 is 5.91 Å². The molecule has 1 rings (SSSR count). The van der Waals surface area contributed by atoms with Gasteiger partial charge in [0.15, 0.2) is 0 Å². The van der Waals surface area contributed by atoms with Gasteiger partial charge in [-0.15, -0.1) is 0 Å². The molecule has 3 N–H and O–H groups in total. The van der Waals surface area contributed by atoms with Crippen LogP contribution in [0.5, 0.6) is 0 Å². The van der Waals surface area contributed by atoms with Crippen molar-refractivity contribution in [1.29, 1.82) is 0 Å². The number of hydrogen-bond donors (Lipinski definition) is 2. The largest absolute Gasteiger partial charge is 0.351 e. The molecule has 0 radical (unpaired) electrons. The van der Waals surface area contributed by atoms with E-state index in [4.69, 9.17) is 5.73 Å². The smallest absolute Gasteiger partial charge is 0.220 e. The third-order valence-corrected chi connectivity index (χ3v) is 2.30. The highest BCUT2D eigenvalue weighted by Gasteiger charge is 2.38. The number of nitrogens with two attached hydrogens (primary N) is 1. The number of amides is 1. The topological polar surface area (TPSA) is 55.1 Å². The summed E-state index contributed by atoms with van der Waals surface area (Å²) in [6.07, 6.45) is 4.76. The Kier molecular flexibility index (Phi) is 3.09. The number of unbranched alkanes of at least 4 members (excludes halogenated alkanes) is 1. The Balaban J connectivity index is 2.04. The van der Waals surface area contributed by atoms with Gasteiger partial charge in [0, 0.05) is 12.0 Å². The van der Waals surface area contributed by atoms with Crippen LogP contribution in [-0.2, 0) is 4.79 Å². The van der Waals surface area contributed by atoms with E-state index in [2.05, 4.69) is 12.2 Å². The van der Waals surface area contributed by atoms with Gasteiger partial charge >= 0.3 is 0 Å². The molecule has 0 bridgehead atoms. The minimum absolute atomic E-state index is 0.139. The van der Waals surface area contributed by atoms with Crippen LogP contribution < -0.4 is 11.1 Å². The zero-order chi connectivity index (χ0) is 9.03. The van der Waals surface area contributed by atoms with E-state index in [-0.39, 0.29) is 11.4 Å². The highest BCUT2D eigenvalue weighted by Crippen LogP contribution is 2.34. The number of carbonyl (C=O) groups excluding carboxylic acids is 1. The van der Waals surface area contributed by atoms with E-state index in [1.807, 2.05) is 0 Å². The van der Waals surface area contributed by atoms with Crippen molar-refractivity contribution in [3.63, 3.8) is 0 Å². The molecule has 0 unspecified atom stereocenters. The Morgan fingerprint density at radius 2 is 2.17 bits per heavy atom. The van der Waals surface area contributed by atoms with Gasteiger partial charge in [-0.05, 0) is 39.2 Å². The maximum absolute atomic E-state index is 11.2. The molecule has 0 aromatic rings. The van der Waals surface area contributed by atoms with Crippen LogP contribution in [0, 0.1) is 0 Å². The summed E-state index contributed by atoms with van der Waals surface area (Å²) in [5.41, 5.74) is 5.46. The van der Waals surface area contributed by atoms with E-state index in [1.165, 1.54) is 0 Å². The monoisotopic (exact) mass is 170 g/mol. The molecule has 0 aliphatic heterocycles. The Labute approximate surface area is 73.7 Å². The lowest BCUT2D eigenvalue weighted by Gasteiger charge is -2.10. The fraction of sp³-hybridized carbons (Fsp3) is 0.889. The summed E-state index contributed by atoms with van der Waals surface area (Å²) < 4.78 is 0. The van der Waals surface area contributed by atoms with Crippen molar-refractivity contribution < 1.29 is 4.79 Å². The maximum atomic E-state index is 11.2. The first-order valence-corrected chi connectivity index (χ1v) is 4.67. The molecule has 1 fully saturated rings. The lowest BCUT2D eigenvalue weighted by Crippen LogP contribution is -2.33. The van der Waals surface area contributed by atoms with Crippen molar-refractivity contribution in [3.05, 3.63) is 0 Å². The van der Waals surface area contributed by atoms with Crippen LogP contribution in [-0.4, -0.2) is 18.0 Å². The minimum atomic E-state index is 0.139. The molecule has 1 aliphatic rings. The quantitative estimate of drug-likeness (QED) is 0.599. The summed E-state index contributed by atoms with van der Waals surface area (Å²) in [4.78, 5) is 11.2. The van der Waals surface area contributed by atoms with E-state index in [0.29, 0.717) is 13.0 Å². The van der Waals surface area contributed by atoms with Crippen LogP contribution >= 0.6 is 0 Å². The summed E-state index contributed by atoms with van der Waals surface area (Å²) >= 11 is 0. The van der Waals surface area contributed by atoms with Crippen LogP contribution in [0.1, 0.15) is 39.0 Å². The van der Waals surface area contributed by atoms with Gasteiger partial charge in [-0.3, -0.25) is 4.79 Å². The van der Waals surface area contributed by atoms with E-state index < -0.39 is 0 Å². The molecule has 70 valence electrons. The maximum Gasteiger partial charge on any atom is 0.220 e. The Morgan fingerprint density at radius 1 is 1.50 bits per heavy atom. The normalized spacial score (nSPS) is 18.8. The average molecular weight is 170 g/mol. The lowest BCUT2D eigenvalue weighted by atomic mass is 10.2. The predicted octanol–water partition coefficient (Wildman–Crippen LogP) is 0.784. The zero-order valence-electron chi connectivity index (χ0n) is 7.73. The van der Waals surface area contributed by atoms with E-state index in [1.54, 1.807) is 0 Å². The van der Waals surface area contributed by atoms with Gasteiger partial charge in [-0.25, -0.2) is 0 Å². The van der Waals surface area contributed by atoms with Crippen molar-refractivity contribution in [2.24, 2.45) is 5.73 Å². The molecule has 0 spiro atoms. The molecule has 0 aromatic heterocycles. The molecule has 0 aromatic carbocycles. The third-order valence-electron chi connectivity index (χ3n) is 2.30. The molecule has 1 aliphatic carbocycles.